The van der Waals surface area contributed by atoms with Gasteiger partial charge in [-0.25, -0.2) is 0 Å². The molecule has 0 aliphatic heterocycles. The summed E-state index contributed by atoms with van der Waals surface area (Å²) in [6.45, 7) is 0.386. The molecule has 0 spiro atoms. The van der Waals surface area contributed by atoms with Crippen molar-refractivity contribution in [2.75, 3.05) is 0 Å². The quantitative estimate of drug-likeness (QED) is 0.474. The fraction of sp³-hybridized carbons (Fsp3) is 0.0435. The van der Waals surface area contributed by atoms with Crippen molar-refractivity contribution in [2.45, 2.75) is 6.54 Å². The molecule has 0 saturated carbocycles. The number of benzene rings is 2. The number of nitrogens with one attached hydrogen (secondary N) is 1. The lowest BCUT2D eigenvalue weighted by atomic mass is 10.1. The minimum absolute atomic E-state index is 0.188. The number of para-hydroxylation sites is 2. The van der Waals surface area contributed by atoms with Crippen molar-refractivity contribution in [2.24, 2.45) is 0 Å². The van der Waals surface area contributed by atoms with E-state index >= 15 is 0 Å². The van der Waals surface area contributed by atoms with Gasteiger partial charge >= 0.3 is 0 Å². The minimum Gasteiger partial charge on any atom is -0.457 e. The Kier molecular flexibility index (Phi) is 5.45. The van der Waals surface area contributed by atoms with Crippen LogP contribution < -0.4 is 10.1 Å². The Morgan fingerprint density at radius 3 is 2.61 bits per heavy atom. The Morgan fingerprint density at radius 1 is 0.964 bits per heavy atom. The van der Waals surface area contributed by atoms with E-state index in [1.165, 1.54) is 0 Å². The first-order valence-corrected chi connectivity index (χ1v) is 9.82. The average Bonchev–Trinajstić information content (AvgIpc) is 3.28. The van der Waals surface area contributed by atoms with E-state index in [1.54, 1.807) is 29.7 Å². The SMILES string of the molecule is O=C(NCc1cccnc1-c1ccsc1)c1ccccc1Oc1ccccc1. The molecule has 4 rings (SSSR count). The molecule has 0 atom stereocenters. The molecular weight excluding hydrogens is 368 g/mol. The van der Waals surface area contributed by atoms with E-state index in [0.29, 0.717) is 23.6 Å². The van der Waals surface area contributed by atoms with Gasteiger partial charge in [0.15, 0.2) is 0 Å². The number of amides is 1. The summed E-state index contributed by atoms with van der Waals surface area (Å²) in [4.78, 5) is 17.3. The van der Waals surface area contributed by atoms with Crippen LogP contribution in [0.1, 0.15) is 15.9 Å². The van der Waals surface area contributed by atoms with E-state index in [4.69, 9.17) is 4.74 Å². The summed E-state index contributed by atoms with van der Waals surface area (Å²) >= 11 is 1.62. The molecule has 2 aromatic heterocycles. The summed E-state index contributed by atoms with van der Waals surface area (Å²) in [6, 6.07) is 22.5. The van der Waals surface area contributed by atoms with Gasteiger partial charge in [0.1, 0.15) is 11.5 Å². The van der Waals surface area contributed by atoms with Gasteiger partial charge in [-0.2, -0.15) is 11.3 Å². The second-order valence-corrected chi connectivity index (χ2v) is 6.90. The molecule has 4 aromatic rings. The summed E-state index contributed by atoms with van der Waals surface area (Å²) in [6.07, 6.45) is 1.77. The van der Waals surface area contributed by atoms with E-state index < -0.39 is 0 Å². The molecule has 0 saturated heterocycles. The van der Waals surface area contributed by atoms with Gasteiger partial charge in [-0.3, -0.25) is 9.78 Å². The minimum atomic E-state index is -0.188. The number of carbonyl (C=O) groups is 1. The summed E-state index contributed by atoms with van der Waals surface area (Å²) in [5.41, 5.74) is 3.41. The van der Waals surface area contributed by atoms with E-state index in [1.807, 2.05) is 66.0 Å². The van der Waals surface area contributed by atoms with Crippen molar-refractivity contribution in [3.05, 3.63) is 101 Å². The first-order valence-electron chi connectivity index (χ1n) is 8.88. The summed E-state index contributed by atoms with van der Waals surface area (Å²) < 4.78 is 5.89. The maximum absolute atomic E-state index is 12.8. The first kappa shape index (κ1) is 17.9. The molecule has 1 N–H and O–H groups in total. The average molecular weight is 386 g/mol. The van der Waals surface area contributed by atoms with E-state index in [2.05, 4.69) is 15.7 Å². The van der Waals surface area contributed by atoms with Crippen molar-refractivity contribution in [3.63, 3.8) is 0 Å². The van der Waals surface area contributed by atoms with Gasteiger partial charge in [0, 0.05) is 23.7 Å². The summed E-state index contributed by atoms with van der Waals surface area (Å²) in [5, 5.41) is 7.06. The number of hydrogen-bond acceptors (Lipinski definition) is 4. The van der Waals surface area contributed by atoms with Gasteiger partial charge in [0.25, 0.3) is 5.91 Å². The van der Waals surface area contributed by atoms with Crippen LogP contribution in [0.3, 0.4) is 0 Å². The van der Waals surface area contributed by atoms with Crippen LogP contribution in [0.5, 0.6) is 11.5 Å². The molecule has 2 heterocycles. The standard InChI is InChI=1S/C23H18N2O2S/c26-23(20-10-4-5-11-21(20)27-19-8-2-1-3-9-19)25-15-17-7-6-13-24-22(17)18-12-14-28-16-18/h1-14,16H,15H2,(H,25,26). The zero-order chi connectivity index (χ0) is 19.2. The topological polar surface area (TPSA) is 51.2 Å². The molecule has 5 heteroatoms. The monoisotopic (exact) mass is 386 g/mol. The fourth-order valence-electron chi connectivity index (χ4n) is 2.87. The van der Waals surface area contributed by atoms with Crippen LogP contribution in [-0.4, -0.2) is 10.9 Å². The third-order valence-corrected chi connectivity index (χ3v) is 4.91. The summed E-state index contributed by atoms with van der Waals surface area (Å²) in [5.74, 6) is 1.02. The fourth-order valence-corrected chi connectivity index (χ4v) is 3.51. The van der Waals surface area contributed by atoms with Gasteiger partial charge < -0.3 is 10.1 Å². The van der Waals surface area contributed by atoms with Crippen LogP contribution >= 0.6 is 11.3 Å². The Labute approximate surface area is 167 Å². The molecule has 4 nitrogen and oxygen atoms in total. The second kappa shape index (κ2) is 8.50. The Bertz CT molecular complexity index is 1060. The third-order valence-electron chi connectivity index (χ3n) is 4.23. The first-order chi connectivity index (χ1) is 13.8. The van der Waals surface area contributed by atoms with Crippen molar-refractivity contribution >= 4 is 17.2 Å². The molecule has 0 aliphatic rings. The van der Waals surface area contributed by atoms with Gasteiger partial charge in [-0.15, -0.1) is 0 Å². The van der Waals surface area contributed by atoms with Crippen LogP contribution in [0.2, 0.25) is 0 Å². The molecule has 28 heavy (non-hydrogen) atoms. The summed E-state index contributed by atoms with van der Waals surface area (Å²) in [7, 11) is 0. The van der Waals surface area contributed by atoms with Crippen LogP contribution in [0.25, 0.3) is 11.3 Å². The van der Waals surface area contributed by atoms with Crippen LogP contribution in [-0.2, 0) is 6.54 Å². The predicted octanol–water partition coefficient (Wildman–Crippen LogP) is 5.53. The van der Waals surface area contributed by atoms with Crippen LogP contribution in [0.4, 0.5) is 0 Å². The highest BCUT2D eigenvalue weighted by Gasteiger charge is 2.14. The highest BCUT2D eigenvalue weighted by Crippen LogP contribution is 2.26. The van der Waals surface area contributed by atoms with E-state index in [9.17, 15) is 4.79 Å². The molecule has 0 unspecified atom stereocenters. The Balaban J connectivity index is 1.51. The van der Waals surface area contributed by atoms with E-state index in [0.717, 1.165) is 16.8 Å². The van der Waals surface area contributed by atoms with Gasteiger partial charge in [-0.05, 0) is 47.3 Å². The number of aromatic nitrogens is 1. The molecule has 0 radical (unpaired) electrons. The van der Waals surface area contributed by atoms with Crippen molar-refractivity contribution in [3.8, 4) is 22.8 Å². The van der Waals surface area contributed by atoms with Gasteiger partial charge in [-0.1, -0.05) is 36.4 Å². The molecule has 2 aromatic carbocycles. The number of thiophene rings is 1. The van der Waals surface area contributed by atoms with E-state index in [-0.39, 0.29) is 5.91 Å². The maximum atomic E-state index is 12.8. The molecule has 0 fully saturated rings. The van der Waals surface area contributed by atoms with Crippen molar-refractivity contribution < 1.29 is 9.53 Å². The van der Waals surface area contributed by atoms with Gasteiger partial charge in [0.2, 0.25) is 0 Å². The number of hydrogen-bond donors (Lipinski definition) is 1. The number of ether oxygens (including phenoxy) is 1. The zero-order valence-corrected chi connectivity index (χ0v) is 15.9. The van der Waals surface area contributed by atoms with Crippen molar-refractivity contribution in [1.29, 1.82) is 0 Å². The number of nitrogens with zero attached hydrogens (tertiary/aromatic N) is 1. The lowest BCUT2D eigenvalue weighted by Gasteiger charge is -2.12. The molecule has 1 amide bonds. The zero-order valence-electron chi connectivity index (χ0n) is 15.0. The Morgan fingerprint density at radius 2 is 1.79 bits per heavy atom. The third kappa shape index (κ3) is 4.10. The largest absolute Gasteiger partial charge is 0.457 e. The molecule has 0 bridgehead atoms. The predicted molar refractivity (Wildman–Crippen MR) is 112 cm³/mol. The Hall–Kier alpha value is -3.44. The number of rotatable bonds is 6. The normalized spacial score (nSPS) is 10.4. The highest BCUT2D eigenvalue weighted by atomic mass is 32.1. The number of pyridine rings is 1. The highest BCUT2D eigenvalue weighted by molar-refractivity contribution is 7.08. The lowest BCUT2D eigenvalue weighted by molar-refractivity contribution is 0.0948. The molecule has 0 aliphatic carbocycles. The van der Waals surface area contributed by atoms with Crippen LogP contribution in [0.15, 0.2) is 89.8 Å². The molecular formula is C23H18N2O2S. The number of carbonyl (C=O) groups excluding carboxylic acids is 1. The van der Waals surface area contributed by atoms with Crippen molar-refractivity contribution in [1.82, 2.24) is 10.3 Å². The second-order valence-electron chi connectivity index (χ2n) is 6.12. The maximum Gasteiger partial charge on any atom is 0.255 e. The smallest absolute Gasteiger partial charge is 0.255 e. The van der Waals surface area contributed by atoms with Crippen LogP contribution in [0, 0.1) is 0 Å². The lowest BCUT2D eigenvalue weighted by Crippen LogP contribution is -2.23. The van der Waals surface area contributed by atoms with Gasteiger partial charge in [0.05, 0.1) is 11.3 Å². The molecule has 138 valence electrons.